The van der Waals surface area contributed by atoms with Crippen LogP contribution in [0.2, 0.25) is 0 Å². The zero-order valence-corrected chi connectivity index (χ0v) is 13.5. The molecule has 0 aromatic rings. The van der Waals surface area contributed by atoms with Crippen molar-refractivity contribution in [2.45, 2.75) is 31.9 Å². The average molecular weight is 291 g/mol. The molecule has 5 nitrogen and oxygen atoms in total. The summed E-state index contributed by atoms with van der Waals surface area (Å²) in [5, 5.41) is 3.03. The van der Waals surface area contributed by atoms with Crippen LogP contribution in [0.15, 0.2) is 0 Å². The van der Waals surface area contributed by atoms with E-state index < -0.39 is 10.0 Å². The standard InChI is InChI=1S/C13H29N3O2S/c1-12(2)11-16(10-9-15(3)4)19(17,18)13-5-7-14-8-6-13/h12-14H,5-11H2,1-4H3. The number of hydrogen-bond donors (Lipinski definition) is 1. The van der Waals surface area contributed by atoms with Gasteiger partial charge in [-0.1, -0.05) is 13.8 Å². The second kappa shape index (κ2) is 7.57. The van der Waals surface area contributed by atoms with E-state index in [1.807, 2.05) is 19.0 Å². The molecule has 0 unspecified atom stereocenters. The predicted octanol–water partition coefficient (Wildman–Crippen LogP) is 0.588. The Hall–Kier alpha value is -0.170. The van der Waals surface area contributed by atoms with Gasteiger partial charge in [0.1, 0.15) is 0 Å². The van der Waals surface area contributed by atoms with Crippen molar-refractivity contribution in [3.8, 4) is 0 Å². The SMILES string of the molecule is CC(C)CN(CCN(C)C)S(=O)(=O)C1CCNCC1. The van der Waals surface area contributed by atoms with E-state index in [0.29, 0.717) is 19.0 Å². The van der Waals surface area contributed by atoms with Crippen LogP contribution in [-0.2, 0) is 10.0 Å². The Balaban J connectivity index is 2.75. The van der Waals surface area contributed by atoms with Crippen LogP contribution in [0.1, 0.15) is 26.7 Å². The molecule has 0 aliphatic carbocycles. The smallest absolute Gasteiger partial charge is 0.217 e. The summed E-state index contributed by atoms with van der Waals surface area (Å²) in [4.78, 5) is 2.03. The summed E-state index contributed by atoms with van der Waals surface area (Å²) in [6.07, 6.45) is 1.47. The lowest BCUT2D eigenvalue weighted by atomic mass is 10.2. The molecule has 1 N–H and O–H groups in total. The first-order valence-corrected chi connectivity index (χ1v) is 8.68. The first-order chi connectivity index (χ1) is 8.84. The molecule has 6 heteroatoms. The summed E-state index contributed by atoms with van der Waals surface area (Å²) in [5.74, 6) is 0.360. The van der Waals surface area contributed by atoms with E-state index in [4.69, 9.17) is 0 Å². The second-order valence-electron chi connectivity index (χ2n) is 6.05. The third-order valence-corrected chi connectivity index (χ3v) is 5.80. The molecule has 1 aliphatic heterocycles. The maximum absolute atomic E-state index is 12.7. The van der Waals surface area contributed by atoms with E-state index in [9.17, 15) is 8.42 Å². The van der Waals surface area contributed by atoms with Crippen molar-refractivity contribution in [2.24, 2.45) is 5.92 Å². The highest BCUT2D eigenvalue weighted by Gasteiger charge is 2.32. The molecule has 19 heavy (non-hydrogen) atoms. The Kier molecular flexibility index (Phi) is 6.73. The molecule has 0 aromatic heterocycles. The Labute approximate surface area is 118 Å². The first-order valence-electron chi connectivity index (χ1n) is 7.18. The molecule has 0 saturated carbocycles. The third kappa shape index (κ3) is 5.38. The molecule has 114 valence electrons. The number of likely N-dealkylation sites (N-methyl/N-ethyl adjacent to an activating group) is 1. The van der Waals surface area contributed by atoms with E-state index in [0.717, 1.165) is 32.5 Å². The number of sulfonamides is 1. The van der Waals surface area contributed by atoms with Gasteiger partial charge >= 0.3 is 0 Å². The molecule has 0 atom stereocenters. The van der Waals surface area contributed by atoms with Gasteiger partial charge in [-0.05, 0) is 45.9 Å². The summed E-state index contributed by atoms with van der Waals surface area (Å²) in [6.45, 7) is 7.76. The number of nitrogens with one attached hydrogen (secondary N) is 1. The minimum Gasteiger partial charge on any atom is -0.317 e. The number of piperidine rings is 1. The minimum absolute atomic E-state index is 0.199. The zero-order chi connectivity index (χ0) is 14.5. The number of hydrogen-bond acceptors (Lipinski definition) is 4. The van der Waals surface area contributed by atoms with Gasteiger partial charge in [0.25, 0.3) is 0 Å². The van der Waals surface area contributed by atoms with Crippen LogP contribution in [0.25, 0.3) is 0 Å². The highest BCUT2D eigenvalue weighted by Crippen LogP contribution is 2.19. The van der Waals surface area contributed by atoms with Gasteiger partial charge in [-0.15, -0.1) is 0 Å². The van der Waals surface area contributed by atoms with Gasteiger partial charge < -0.3 is 10.2 Å². The first kappa shape index (κ1) is 16.9. The van der Waals surface area contributed by atoms with Crippen LogP contribution in [0, 0.1) is 5.92 Å². The van der Waals surface area contributed by atoms with Crippen molar-refractivity contribution < 1.29 is 8.42 Å². The molecule has 0 amide bonds. The third-order valence-electron chi connectivity index (χ3n) is 3.43. The van der Waals surface area contributed by atoms with E-state index >= 15 is 0 Å². The van der Waals surface area contributed by atoms with Crippen LogP contribution >= 0.6 is 0 Å². The lowest BCUT2D eigenvalue weighted by Crippen LogP contribution is -2.47. The summed E-state index contributed by atoms with van der Waals surface area (Å²) in [5.41, 5.74) is 0. The van der Waals surface area contributed by atoms with Crippen molar-refractivity contribution in [3.63, 3.8) is 0 Å². The molecule has 1 fully saturated rings. The molecule has 1 rings (SSSR count). The molecular weight excluding hydrogens is 262 g/mol. The monoisotopic (exact) mass is 291 g/mol. The van der Waals surface area contributed by atoms with Crippen molar-refractivity contribution >= 4 is 10.0 Å². The predicted molar refractivity (Wildman–Crippen MR) is 79.8 cm³/mol. The molecule has 0 bridgehead atoms. The van der Waals surface area contributed by atoms with Crippen LogP contribution in [0.3, 0.4) is 0 Å². The van der Waals surface area contributed by atoms with Crippen molar-refractivity contribution in [1.29, 1.82) is 0 Å². The maximum atomic E-state index is 12.7. The largest absolute Gasteiger partial charge is 0.317 e. The van der Waals surface area contributed by atoms with Crippen LogP contribution in [-0.4, -0.2) is 69.7 Å². The number of nitrogens with zero attached hydrogens (tertiary/aromatic N) is 2. The van der Waals surface area contributed by atoms with Crippen molar-refractivity contribution in [3.05, 3.63) is 0 Å². The van der Waals surface area contributed by atoms with E-state index in [-0.39, 0.29) is 5.25 Å². The average Bonchev–Trinajstić information content (AvgIpc) is 2.34. The van der Waals surface area contributed by atoms with E-state index in [2.05, 4.69) is 19.2 Å². The summed E-state index contributed by atoms with van der Waals surface area (Å²) < 4.78 is 27.1. The maximum Gasteiger partial charge on any atom is 0.217 e. The van der Waals surface area contributed by atoms with Crippen LogP contribution < -0.4 is 5.32 Å². The molecule has 1 saturated heterocycles. The molecule has 0 radical (unpaired) electrons. The van der Waals surface area contributed by atoms with E-state index in [1.165, 1.54) is 0 Å². The molecule has 1 heterocycles. The van der Waals surface area contributed by atoms with Crippen LogP contribution in [0.5, 0.6) is 0 Å². The number of rotatable bonds is 7. The fourth-order valence-corrected chi connectivity index (χ4v) is 4.44. The Morgan fingerprint density at radius 1 is 1.16 bits per heavy atom. The molecule has 0 spiro atoms. The lowest BCUT2D eigenvalue weighted by molar-refractivity contribution is 0.307. The summed E-state index contributed by atoms with van der Waals surface area (Å²) >= 11 is 0. The Morgan fingerprint density at radius 2 is 1.74 bits per heavy atom. The van der Waals surface area contributed by atoms with E-state index in [1.54, 1.807) is 4.31 Å². The van der Waals surface area contributed by atoms with Crippen molar-refractivity contribution in [1.82, 2.24) is 14.5 Å². The quantitative estimate of drug-likeness (QED) is 0.746. The van der Waals surface area contributed by atoms with Crippen molar-refractivity contribution in [2.75, 3.05) is 46.8 Å². The van der Waals surface area contributed by atoms with Gasteiger partial charge in [-0.25, -0.2) is 12.7 Å². The fraction of sp³-hybridized carbons (Fsp3) is 1.00. The van der Waals surface area contributed by atoms with Gasteiger partial charge in [0, 0.05) is 19.6 Å². The molecule has 1 aliphatic rings. The Morgan fingerprint density at radius 3 is 2.21 bits per heavy atom. The zero-order valence-electron chi connectivity index (χ0n) is 12.7. The van der Waals surface area contributed by atoms with Gasteiger partial charge in [0.2, 0.25) is 10.0 Å². The van der Waals surface area contributed by atoms with Gasteiger partial charge in [0.05, 0.1) is 5.25 Å². The van der Waals surface area contributed by atoms with Gasteiger partial charge in [-0.3, -0.25) is 0 Å². The minimum atomic E-state index is -3.15. The summed E-state index contributed by atoms with van der Waals surface area (Å²) in [6, 6.07) is 0. The van der Waals surface area contributed by atoms with Gasteiger partial charge in [0.15, 0.2) is 0 Å². The normalized spacial score (nSPS) is 18.7. The van der Waals surface area contributed by atoms with Gasteiger partial charge in [-0.2, -0.15) is 0 Å². The highest BCUT2D eigenvalue weighted by atomic mass is 32.2. The second-order valence-corrected chi connectivity index (χ2v) is 8.26. The fourth-order valence-electron chi connectivity index (χ4n) is 2.35. The summed E-state index contributed by atoms with van der Waals surface area (Å²) in [7, 11) is 0.806. The highest BCUT2D eigenvalue weighted by molar-refractivity contribution is 7.89. The Bertz CT molecular complexity index is 349. The van der Waals surface area contributed by atoms with Crippen LogP contribution in [0.4, 0.5) is 0 Å². The lowest BCUT2D eigenvalue weighted by Gasteiger charge is -2.31. The molecular formula is C13H29N3O2S. The topological polar surface area (TPSA) is 52.7 Å². The molecule has 0 aromatic carbocycles.